The number of methoxy groups -OCH3 is 1. The molecule has 0 bridgehead atoms. The largest absolute Gasteiger partial charge is 0.514 e. The van der Waals surface area contributed by atoms with Crippen LogP contribution in [0.2, 0.25) is 0 Å². The molecule has 1 aromatic carbocycles. The van der Waals surface area contributed by atoms with Gasteiger partial charge in [0.25, 0.3) is 0 Å². The Bertz CT molecular complexity index is 796. The third kappa shape index (κ3) is 4.81. The molecule has 1 heterocycles. The topological polar surface area (TPSA) is 74.7 Å². The fraction of sp³-hybridized carbons (Fsp3) is 0.278. The Morgan fingerprint density at radius 2 is 1.79 bits per heavy atom. The molecule has 0 aliphatic carbocycles. The van der Waals surface area contributed by atoms with Crippen molar-refractivity contribution in [3.8, 4) is 22.8 Å². The number of rotatable bonds is 3. The van der Waals surface area contributed by atoms with Gasteiger partial charge in [0.05, 0.1) is 7.11 Å². The van der Waals surface area contributed by atoms with Crippen molar-refractivity contribution >= 4 is 6.16 Å². The van der Waals surface area contributed by atoms with Gasteiger partial charge in [-0.3, -0.25) is 4.79 Å². The van der Waals surface area contributed by atoms with Crippen LogP contribution in [0, 0.1) is 0 Å². The van der Waals surface area contributed by atoms with Gasteiger partial charge in [0.2, 0.25) is 11.3 Å². The maximum absolute atomic E-state index is 12.1. The van der Waals surface area contributed by atoms with Crippen LogP contribution >= 0.6 is 0 Å². The molecule has 0 radical (unpaired) electrons. The smallest absolute Gasteiger partial charge is 0.481 e. The van der Waals surface area contributed by atoms with Crippen LogP contribution in [0.3, 0.4) is 0 Å². The maximum atomic E-state index is 12.1. The molecule has 0 saturated heterocycles. The van der Waals surface area contributed by atoms with Crippen LogP contribution in [0.15, 0.2) is 47.4 Å². The maximum Gasteiger partial charge on any atom is 0.514 e. The number of aromatic nitrogens is 1. The molecule has 2 aromatic rings. The van der Waals surface area contributed by atoms with Crippen molar-refractivity contribution in [3.05, 3.63) is 52.8 Å². The van der Waals surface area contributed by atoms with Crippen LogP contribution in [0.25, 0.3) is 11.1 Å². The molecule has 0 unspecified atom stereocenters. The predicted molar refractivity (Wildman–Crippen MR) is 89.4 cm³/mol. The van der Waals surface area contributed by atoms with Crippen molar-refractivity contribution in [2.75, 3.05) is 7.11 Å². The first kappa shape index (κ1) is 17.5. The second-order valence-corrected chi connectivity index (χ2v) is 6.01. The van der Waals surface area contributed by atoms with Crippen LogP contribution in [-0.4, -0.2) is 23.9 Å². The summed E-state index contributed by atoms with van der Waals surface area (Å²) >= 11 is 0. The molecule has 0 N–H and O–H groups in total. The minimum atomic E-state index is -0.927. The third-order valence-corrected chi connectivity index (χ3v) is 2.91. The molecule has 0 amide bonds. The molecule has 1 aromatic heterocycles. The number of ether oxygens (including phenoxy) is 3. The van der Waals surface area contributed by atoms with Gasteiger partial charge in [-0.1, -0.05) is 12.1 Å². The molecule has 6 nitrogen and oxygen atoms in total. The first-order chi connectivity index (χ1) is 11.3. The van der Waals surface area contributed by atoms with Gasteiger partial charge < -0.3 is 14.2 Å². The first-order valence-corrected chi connectivity index (χ1v) is 7.34. The number of nitrogens with zero attached hydrogens (tertiary/aromatic N) is 1. The third-order valence-electron chi connectivity index (χ3n) is 2.91. The van der Waals surface area contributed by atoms with Gasteiger partial charge in [0.1, 0.15) is 5.60 Å². The molecule has 6 heteroatoms. The van der Waals surface area contributed by atoms with Crippen molar-refractivity contribution in [3.63, 3.8) is 0 Å². The Morgan fingerprint density at radius 1 is 1.08 bits per heavy atom. The van der Waals surface area contributed by atoms with Crippen LogP contribution in [-0.2, 0) is 4.74 Å². The highest BCUT2D eigenvalue weighted by molar-refractivity contribution is 5.68. The Morgan fingerprint density at radius 3 is 2.46 bits per heavy atom. The van der Waals surface area contributed by atoms with E-state index in [0.29, 0.717) is 11.4 Å². The number of carbonyl (C=O) groups is 1. The Balaban J connectivity index is 2.38. The summed E-state index contributed by atoms with van der Waals surface area (Å²) in [6.45, 7) is 5.14. The fourth-order valence-electron chi connectivity index (χ4n) is 1.90. The summed E-state index contributed by atoms with van der Waals surface area (Å²) in [4.78, 5) is 27.9. The van der Waals surface area contributed by atoms with E-state index in [4.69, 9.17) is 14.2 Å². The van der Waals surface area contributed by atoms with Gasteiger partial charge in [0, 0.05) is 12.3 Å². The van der Waals surface area contributed by atoms with Crippen LogP contribution in [0.5, 0.6) is 11.6 Å². The van der Waals surface area contributed by atoms with Crippen molar-refractivity contribution < 1.29 is 19.0 Å². The molecule has 0 fully saturated rings. The van der Waals surface area contributed by atoms with E-state index in [0.717, 1.165) is 5.56 Å². The standard InChI is InChI=1S/C18H19NO5/c1-18(2,3)24-17(21)23-15-10-12(6-5-7-14(15)20)13-8-9-19-16(11-13)22-4/h5-11H,1-4H3. The minimum absolute atomic E-state index is 0.111. The van der Waals surface area contributed by atoms with E-state index in [1.54, 1.807) is 51.2 Å². The molecule has 0 atom stereocenters. The van der Waals surface area contributed by atoms with E-state index < -0.39 is 17.2 Å². The summed E-state index contributed by atoms with van der Waals surface area (Å²) in [6.07, 6.45) is 0.664. The van der Waals surface area contributed by atoms with Crippen LogP contribution in [0.4, 0.5) is 4.79 Å². The van der Waals surface area contributed by atoms with Crippen LogP contribution in [0.1, 0.15) is 20.8 Å². The summed E-state index contributed by atoms with van der Waals surface area (Å²) in [7, 11) is 1.52. The van der Waals surface area contributed by atoms with Gasteiger partial charge >= 0.3 is 6.16 Å². The summed E-state index contributed by atoms with van der Waals surface area (Å²) in [5, 5.41) is 0. The lowest BCUT2D eigenvalue weighted by Crippen LogP contribution is -2.26. The zero-order valence-electron chi connectivity index (χ0n) is 14.0. The van der Waals surface area contributed by atoms with Gasteiger partial charge in [-0.25, -0.2) is 9.78 Å². The quantitative estimate of drug-likeness (QED) is 0.803. The molecular formula is C18H19NO5. The SMILES string of the molecule is COc1cc(-c2cccc(=O)c(OC(=O)OC(C)(C)C)c2)ccn1. The molecule has 0 aliphatic rings. The summed E-state index contributed by atoms with van der Waals surface area (Å²) in [5.41, 5.74) is 0.314. The monoisotopic (exact) mass is 329 g/mol. The number of carbonyl (C=O) groups excluding carboxylic acids is 1. The summed E-state index contributed by atoms with van der Waals surface area (Å²) < 4.78 is 15.3. The second-order valence-electron chi connectivity index (χ2n) is 6.01. The van der Waals surface area contributed by atoms with Crippen molar-refractivity contribution in [2.24, 2.45) is 0 Å². The van der Waals surface area contributed by atoms with Gasteiger partial charge in [-0.15, -0.1) is 0 Å². The molecule has 0 spiro atoms. The lowest BCUT2D eigenvalue weighted by atomic mass is 10.1. The van der Waals surface area contributed by atoms with E-state index in [2.05, 4.69) is 4.98 Å². The number of pyridine rings is 1. The van der Waals surface area contributed by atoms with E-state index in [1.807, 2.05) is 0 Å². The molecular weight excluding hydrogens is 310 g/mol. The van der Waals surface area contributed by atoms with Crippen molar-refractivity contribution in [1.82, 2.24) is 4.98 Å². The number of hydrogen-bond acceptors (Lipinski definition) is 6. The van der Waals surface area contributed by atoms with E-state index >= 15 is 0 Å². The lowest BCUT2D eigenvalue weighted by molar-refractivity contribution is 0.0204. The van der Waals surface area contributed by atoms with Crippen LogP contribution < -0.4 is 14.9 Å². The lowest BCUT2D eigenvalue weighted by Gasteiger charge is -2.18. The van der Waals surface area contributed by atoms with E-state index in [-0.39, 0.29) is 5.75 Å². The Hall–Kier alpha value is -2.89. The Labute approximate surface area is 140 Å². The van der Waals surface area contributed by atoms with Gasteiger partial charge in [0.15, 0.2) is 5.75 Å². The van der Waals surface area contributed by atoms with Crippen molar-refractivity contribution in [2.45, 2.75) is 26.4 Å². The molecule has 2 rings (SSSR count). The zero-order chi connectivity index (χ0) is 17.7. The Kier molecular flexibility index (Phi) is 5.18. The van der Waals surface area contributed by atoms with E-state index in [9.17, 15) is 9.59 Å². The van der Waals surface area contributed by atoms with Gasteiger partial charge in [-0.2, -0.15) is 0 Å². The van der Waals surface area contributed by atoms with Gasteiger partial charge in [-0.05, 0) is 50.1 Å². The fourth-order valence-corrected chi connectivity index (χ4v) is 1.90. The first-order valence-electron chi connectivity index (χ1n) is 7.34. The van der Waals surface area contributed by atoms with E-state index in [1.165, 1.54) is 19.2 Å². The highest BCUT2D eigenvalue weighted by atomic mass is 16.7. The highest BCUT2D eigenvalue weighted by Crippen LogP contribution is 2.23. The molecule has 126 valence electrons. The molecule has 24 heavy (non-hydrogen) atoms. The average molecular weight is 329 g/mol. The highest BCUT2D eigenvalue weighted by Gasteiger charge is 2.19. The number of hydrogen-bond donors (Lipinski definition) is 0. The molecule has 0 saturated carbocycles. The normalized spacial score (nSPS) is 10.8. The molecule has 0 aliphatic heterocycles. The predicted octanol–water partition coefficient (Wildman–Crippen LogP) is 3.43. The average Bonchev–Trinajstić information content (AvgIpc) is 2.68. The summed E-state index contributed by atoms with van der Waals surface area (Å²) in [5.74, 6) is 0.330. The second kappa shape index (κ2) is 7.12. The summed E-state index contributed by atoms with van der Waals surface area (Å²) in [6, 6.07) is 9.62. The minimum Gasteiger partial charge on any atom is -0.481 e. The zero-order valence-corrected chi connectivity index (χ0v) is 14.0. The van der Waals surface area contributed by atoms with Crippen molar-refractivity contribution in [1.29, 1.82) is 0 Å².